The smallest absolute Gasteiger partial charge is 0.261 e. The van der Waals surface area contributed by atoms with Crippen molar-refractivity contribution in [2.45, 2.75) is 45.2 Å². The lowest BCUT2D eigenvalue weighted by molar-refractivity contribution is -0.122. The van der Waals surface area contributed by atoms with Gasteiger partial charge in [-0.1, -0.05) is 36.4 Å². The quantitative estimate of drug-likeness (QED) is 0.776. The summed E-state index contributed by atoms with van der Waals surface area (Å²) in [6.07, 6.45) is 4.91. The van der Waals surface area contributed by atoms with Gasteiger partial charge >= 0.3 is 0 Å². The van der Waals surface area contributed by atoms with Crippen LogP contribution < -0.4 is 10.9 Å². The molecular formula is C22H23N3O2. The molecule has 0 unspecified atom stereocenters. The molecule has 0 radical (unpaired) electrons. The van der Waals surface area contributed by atoms with Crippen LogP contribution in [0.15, 0.2) is 53.6 Å². The van der Waals surface area contributed by atoms with Crippen molar-refractivity contribution in [1.29, 1.82) is 0 Å². The molecule has 1 atom stereocenters. The fourth-order valence-corrected chi connectivity index (χ4v) is 3.89. The number of hydrogen-bond donors (Lipinski definition) is 1. The molecule has 2 aromatic carbocycles. The topological polar surface area (TPSA) is 64.0 Å². The van der Waals surface area contributed by atoms with E-state index >= 15 is 0 Å². The maximum Gasteiger partial charge on any atom is 0.261 e. The molecule has 1 heterocycles. The molecule has 1 aliphatic rings. The number of amides is 1. The van der Waals surface area contributed by atoms with Crippen LogP contribution >= 0.6 is 0 Å². The summed E-state index contributed by atoms with van der Waals surface area (Å²) in [7, 11) is 0. The van der Waals surface area contributed by atoms with Crippen molar-refractivity contribution >= 4 is 16.8 Å². The third-order valence-corrected chi connectivity index (χ3v) is 5.34. The SMILES string of the molecule is Cc1cccc2c(=O)n(CCC(=O)N[C@@H]3CCCc4ccccc43)cnc12. The molecule has 138 valence electrons. The molecule has 27 heavy (non-hydrogen) atoms. The minimum Gasteiger partial charge on any atom is -0.349 e. The van der Waals surface area contributed by atoms with Crippen LogP contribution in [0, 0.1) is 6.92 Å². The van der Waals surface area contributed by atoms with Crippen LogP contribution in [0.25, 0.3) is 10.9 Å². The molecule has 1 aliphatic carbocycles. The first kappa shape index (κ1) is 17.5. The number of carbonyl (C=O) groups is 1. The molecule has 0 saturated heterocycles. The van der Waals surface area contributed by atoms with E-state index in [1.807, 2.05) is 31.2 Å². The predicted octanol–water partition coefficient (Wildman–Crippen LogP) is 3.29. The number of carbonyl (C=O) groups excluding carboxylic acids is 1. The van der Waals surface area contributed by atoms with Crippen LogP contribution in [-0.4, -0.2) is 15.5 Å². The highest BCUT2D eigenvalue weighted by molar-refractivity contribution is 5.80. The maximum atomic E-state index is 12.6. The molecular weight excluding hydrogens is 338 g/mol. The van der Waals surface area contributed by atoms with Crippen molar-refractivity contribution < 1.29 is 4.79 Å². The molecule has 0 fully saturated rings. The van der Waals surface area contributed by atoms with E-state index in [2.05, 4.69) is 22.4 Å². The normalized spacial score (nSPS) is 16.1. The van der Waals surface area contributed by atoms with Gasteiger partial charge in [-0.2, -0.15) is 0 Å². The highest BCUT2D eigenvalue weighted by Crippen LogP contribution is 2.29. The molecule has 5 nitrogen and oxygen atoms in total. The molecule has 3 aromatic rings. The summed E-state index contributed by atoms with van der Waals surface area (Å²) in [6.45, 7) is 2.27. The fraction of sp³-hybridized carbons (Fsp3) is 0.318. The highest BCUT2D eigenvalue weighted by Gasteiger charge is 2.21. The number of fused-ring (bicyclic) bond motifs is 2. The van der Waals surface area contributed by atoms with E-state index < -0.39 is 0 Å². The summed E-state index contributed by atoms with van der Waals surface area (Å²) in [6, 6.07) is 13.9. The zero-order chi connectivity index (χ0) is 18.8. The number of benzene rings is 2. The number of aryl methyl sites for hydroxylation is 3. The first-order chi connectivity index (χ1) is 13.1. The van der Waals surface area contributed by atoms with Crippen molar-refractivity contribution in [3.05, 3.63) is 75.8 Å². The Bertz CT molecular complexity index is 1050. The van der Waals surface area contributed by atoms with E-state index in [-0.39, 0.29) is 23.9 Å². The second-order valence-electron chi connectivity index (χ2n) is 7.18. The summed E-state index contributed by atoms with van der Waals surface area (Å²) in [5, 5.41) is 3.73. The van der Waals surface area contributed by atoms with Gasteiger partial charge in [-0.05, 0) is 48.9 Å². The number of rotatable bonds is 4. The van der Waals surface area contributed by atoms with Gasteiger partial charge in [0.25, 0.3) is 5.56 Å². The van der Waals surface area contributed by atoms with Crippen molar-refractivity contribution in [2.75, 3.05) is 0 Å². The lowest BCUT2D eigenvalue weighted by Gasteiger charge is -2.26. The third-order valence-electron chi connectivity index (χ3n) is 5.34. The Kier molecular flexibility index (Phi) is 4.75. The second kappa shape index (κ2) is 7.35. The standard InChI is InChI=1S/C22H23N3O2/c1-15-6-4-10-18-21(15)23-14-25(22(18)27)13-12-20(26)24-19-11-5-8-16-7-2-3-9-17(16)19/h2-4,6-7,9-10,14,19H,5,8,11-13H2,1H3,(H,24,26)/t19-/m1/s1. The predicted molar refractivity (Wildman–Crippen MR) is 106 cm³/mol. The lowest BCUT2D eigenvalue weighted by atomic mass is 9.88. The van der Waals surface area contributed by atoms with Crippen molar-refractivity contribution in [3.63, 3.8) is 0 Å². The molecule has 1 N–H and O–H groups in total. The zero-order valence-corrected chi connectivity index (χ0v) is 15.4. The lowest BCUT2D eigenvalue weighted by Crippen LogP contribution is -2.32. The number of nitrogens with zero attached hydrogens (tertiary/aromatic N) is 2. The van der Waals surface area contributed by atoms with Gasteiger partial charge < -0.3 is 5.32 Å². The summed E-state index contributed by atoms with van der Waals surface area (Å²) in [5.74, 6) is -0.0343. The van der Waals surface area contributed by atoms with E-state index in [1.165, 1.54) is 15.7 Å². The second-order valence-corrected chi connectivity index (χ2v) is 7.18. The summed E-state index contributed by atoms with van der Waals surface area (Å²) in [4.78, 5) is 29.5. The van der Waals surface area contributed by atoms with Gasteiger partial charge in [0, 0.05) is 13.0 Å². The first-order valence-electron chi connectivity index (χ1n) is 9.45. The molecule has 0 aliphatic heterocycles. The molecule has 1 aromatic heterocycles. The van der Waals surface area contributed by atoms with Crippen LogP contribution in [0.3, 0.4) is 0 Å². The van der Waals surface area contributed by atoms with Crippen LogP contribution in [0.2, 0.25) is 0 Å². The number of aromatic nitrogens is 2. The molecule has 4 rings (SSSR count). The van der Waals surface area contributed by atoms with Gasteiger partial charge in [-0.3, -0.25) is 14.2 Å². The Morgan fingerprint density at radius 2 is 2.07 bits per heavy atom. The van der Waals surface area contributed by atoms with Crippen molar-refractivity contribution in [3.8, 4) is 0 Å². The Hall–Kier alpha value is -2.95. The van der Waals surface area contributed by atoms with Crippen LogP contribution in [0.1, 0.15) is 42.0 Å². The van der Waals surface area contributed by atoms with Gasteiger partial charge in [0.1, 0.15) is 0 Å². The first-order valence-corrected chi connectivity index (χ1v) is 9.45. The van der Waals surface area contributed by atoms with E-state index in [0.29, 0.717) is 11.9 Å². The average Bonchev–Trinajstić information content (AvgIpc) is 2.68. The summed E-state index contributed by atoms with van der Waals surface area (Å²) in [5.41, 5.74) is 4.14. The Balaban J connectivity index is 1.45. The van der Waals surface area contributed by atoms with E-state index in [0.717, 1.165) is 30.3 Å². The minimum absolute atomic E-state index is 0.0343. The summed E-state index contributed by atoms with van der Waals surface area (Å²) >= 11 is 0. The Morgan fingerprint density at radius 3 is 2.96 bits per heavy atom. The molecule has 0 spiro atoms. The average molecular weight is 361 g/mol. The van der Waals surface area contributed by atoms with Crippen LogP contribution in [0.4, 0.5) is 0 Å². The van der Waals surface area contributed by atoms with Crippen molar-refractivity contribution in [1.82, 2.24) is 14.9 Å². The zero-order valence-electron chi connectivity index (χ0n) is 15.4. The number of para-hydroxylation sites is 1. The van der Waals surface area contributed by atoms with Crippen molar-refractivity contribution in [2.24, 2.45) is 0 Å². The van der Waals surface area contributed by atoms with Gasteiger partial charge in [0.15, 0.2) is 0 Å². The largest absolute Gasteiger partial charge is 0.349 e. The molecule has 0 saturated carbocycles. The van der Waals surface area contributed by atoms with Gasteiger partial charge in [0.2, 0.25) is 5.91 Å². The number of hydrogen-bond acceptors (Lipinski definition) is 3. The van der Waals surface area contributed by atoms with E-state index in [1.54, 1.807) is 12.4 Å². The van der Waals surface area contributed by atoms with Gasteiger partial charge in [-0.15, -0.1) is 0 Å². The molecule has 5 heteroatoms. The molecule has 0 bridgehead atoms. The molecule has 1 amide bonds. The monoisotopic (exact) mass is 361 g/mol. The highest BCUT2D eigenvalue weighted by atomic mass is 16.2. The Morgan fingerprint density at radius 1 is 1.22 bits per heavy atom. The Labute approximate surface area is 158 Å². The van der Waals surface area contributed by atoms with E-state index in [4.69, 9.17) is 0 Å². The van der Waals surface area contributed by atoms with Crippen LogP contribution in [-0.2, 0) is 17.8 Å². The fourth-order valence-electron chi connectivity index (χ4n) is 3.89. The number of nitrogens with one attached hydrogen (secondary N) is 1. The maximum absolute atomic E-state index is 12.6. The third kappa shape index (κ3) is 3.50. The minimum atomic E-state index is -0.0977. The van der Waals surface area contributed by atoms with Gasteiger partial charge in [0.05, 0.1) is 23.3 Å². The van der Waals surface area contributed by atoms with Gasteiger partial charge in [-0.25, -0.2) is 4.98 Å². The van der Waals surface area contributed by atoms with Crippen LogP contribution in [0.5, 0.6) is 0 Å². The summed E-state index contributed by atoms with van der Waals surface area (Å²) < 4.78 is 1.52. The van der Waals surface area contributed by atoms with E-state index in [9.17, 15) is 9.59 Å².